The number of aromatic nitrogens is 3. The van der Waals surface area contributed by atoms with Crippen LogP contribution in [-0.2, 0) is 13.1 Å². The van der Waals surface area contributed by atoms with E-state index in [0.717, 1.165) is 31.2 Å². The lowest BCUT2D eigenvalue weighted by molar-refractivity contribution is 0.521. The van der Waals surface area contributed by atoms with Gasteiger partial charge in [0.25, 0.3) is 0 Å². The minimum atomic E-state index is 0.867. The molecule has 1 aliphatic carbocycles. The molecule has 0 aromatic carbocycles. The lowest BCUT2D eigenvalue weighted by atomic mass is 10.1. The molecule has 1 aliphatic rings. The average molecular weight is 250 g/mol. The number of nitrogens with one attached hydrogen (secondary N) is 1. The molecule has 4 nitrogen and oxygen atoms in total. The summed E-state index contributed by atoms with van der Waals surface area (Å²) in [6.07, 6.45) is 11.4. The number of hydrogen-bond donors (Lipinski definition) is 1. The summed E-state index contributed by atoms with van der Waals surface area (Å²) < 4.78 is 1.99. The van der Waals surface area contributed by atoms with Gasteiger partial charge in [0, 0.05) is 19.3 Å². The maximum atomic E-state index is 4.20. The van der Waals surface area contributed by atoms with E-state index in [4.69, 9.17) is 0 Å². The Balaban J connectivity index is 1.56. The van der Waals surface area contributed by atoms with Crippen LogP contribution in [-0.4, -0.2) is 21.5 Å². The Hall–Kier alpha value is -0.900. The van der Waals surface area contributed by atoms with Crippen molar-refractivity contribution in [2.24, 2.45) is 5.92 Å². The van der Waals surface area contributed by atoms with Gasteiger partial charge in [-0.15, -0.1) is 5.10 Å². The first-order chi connectivity index (χ1) is 8.88. The highest BCUT2D eigenvalue weighted by atomic mass is 15.4. The van der Waals surface area contributed by atoms with E-state index >= 15 is 0 Å². The summed E-state index contributed by atoms with van der Waals surface area (Å²) in [4.78, 5) is 0. The number of aryl methyl sites for hydroxylation is 1. The van der Waals surface area contributed by atoms with Crippen LogP contribution in [0.5, 0.6) is 0 Å². The van der Waals surface area contributed by atoms with E-state index in [1.165, 1.54) is 44.9 Å². The van der Waals surface area contributed by atoms with Crippen molar-refractivity contribution in [3.05, 3.63) is 11.9 Å². The van der Waals surface area contributed by atoms with E-state index in [-0.39, 0.29) is 0 Å². The zero-order valence-electron chi connectivity index (χ0n) is 11.6. The third-order valence-electron chi connectivity index (χ3n) is 3.51. The quantitative estimate of drug-likeness (QED) is 0.649. The van der Waals surface area contributed by atoms with Gasteiger partial charge in [-0.1, -0.05) is 37.8 Å². The van der Waals surface area contributed by atoms with Crippen molar-refractivity contribution in [2.75, 3.05) is 6.54 Å². The highest BCUT2D eigenvalue weighted by Crippen LogP contribution is 2.27. The molecule has 0 radical (unpaired) electrons. The lowest BCUT2D eigenvalue weighted by Crippen LogP contribution is -2.16. The molecular formula is C14H26N4. The van der Waals surface area contributed by atoms with Crippen molar-refractivity contribution in [1.29, 1.82) is 0 Å². The van der Waals surface area contributed by atoms with Crippen LogP contribution in [0.4, 0.5) is 0 Å². The predicted octanol–water partition coefficient (Wildman–Crippen LogP) is 2.75. The monoisotopic (exact) mass is 250 g/mol. The van der Waals surface area contributed by atoms with Gasteiger partial charge < -0.3 is 5.32 Å². The van der Waals surface area contributed by atoms with Gasteiger partial charge in [-0.2, -0.15) is 0 Å². The molecule has 0 saturated heterocycles. The molecule has 102 valence electrons. The first kappa shape index (κ1) is 13.5. The Bertz CT molecular complexity index is 330. The van der Waals surface area contributed by atoms with Gasteiger partial charge in [0.15, 0.2) is 0 Å². The van der Waals surface area contributed by atoms with E-state index in [1.807, 2.05) is 4.68 Å². The SMILES string of the molecule is CCCCCCCn1cc(CNCC2CC2)nn1. The van der Waals surface area contributed by atoms with E-state index < -0.39 is 0 Å². The summed E-state index contributed by atoms with van der Waals surface area (Å²) in [5, 5.41) is 11.8. The van der Waals surface area contributed by atoms with Crippen LogP contribution in [0.2, 0.25) is 0 Å². The Labute approximate surface area is 110 Å². The standard InChI is InChI=1S/C14H26N4/c1-2-3-4-5-6-9-18-12-14(16-17-18)11-15-10-13-7-8-13/h12-13,15H,2-11H2,1H3. The van der Waals surface area contributed by atoms with Crippen LogP contribution in [0.25, 0.3) is 0 Å². The molecule has 0 unspecified atom stereocenters. The second kappa shape index (κ2) is 7.52. The molecule has 0 amide bonds. The van der Waals surface area contributed by atoms with Gasteiger partial charge in [0.2, 0.25) is 0 Å². The van der Waals surface area contributed by atoms with Crippen LogP contribution < -0.4 is 5.32 Å². The van der Waals surface area contributed by atoms with Gasteiger partial charge in [0.1, 0.15) is 0 Å². The summed E-state index contributed by atoms with van der Waals surface area (Å²) in [6.45, 7) is 5.27. The van der Waals surface area contributed by atoms with Crippen LogP contribution in [0, 0.1) is 5.92 Å². The van der Waals surface area contributed by atoms with E-state index in [2.05, 4.69) is 28.7 Å². The second-order valence-electron chi connectivity index (χ2n) is 5.46. The van der Waals surface area contributed by atoms with Crippen LogP contribution in [0.1, 0.15) is 57.6 Å². The summed E-state index contributed by atoms with van der Waals surface area (Å²) in [6, 6.07) is 0. The molecule has 1 aromatic heterocycles. The fourth-order valence-corrected chi connectivity index (χ4v) is 2.13. The highest BCUT2D eigenvalue weighted by Gasteiger charge is 2.20. The fourth-order valence-electron chi connectivity index (χ4n) is 2.13. The van der Waals surface area contributed by atoms with E-state index in [9.17, 15) is 0 Å². The average Bonchev–Trinajstić information content (AvgIpc) is 3.08. The Kier molecular flexibility index (Phi) is 5.65. The summed E-state index contributed by atoms with van der Waals surface area (Å²) in [5.41, 5.74) is 1.07. The summed E-state index contributed by atoms with van der Waals surface area (Å²) >= 11 is 0. The number of rotatable bonds is 10. The Morgan fingerprint density at radius 1 is 1.28 bits per heavy atom. The van der Waals surface area contributed by atoms with Crippen molar-refractivity contribution >= 4 is 0 Å². The molecule has 0 aliphatic heterocycles. The summed E-state index contributed by atoms with van der Waals surface area (Å²) in [7, 11) is 0. The van der Waals surface area contributed by atoms with Crippen molar-refractivity contribution in [1.82, 2.24) is 20.3 Å². The van der Waals surface area contributed by atoms with Crippen LogP contribution in [0.15, 0.2) is 6.20 Å². The van der Waals surface area contributed by atoms with Crippen LogP contribution in [0.3, 0.4) is 0 Å². The van der Waals surface area contributed by atoms with Crippen molar-refractivity contribution in [3.8, 4) is 0 Å². The molecule has 1 saturated carbocycles. The van der Waals surface area contributed by atoms with Crippen molar-refractivity contribution in [3.63, 3.8) is 0 Å². The molecule has 1 N–H and O–H groups in total. The second-order valence-corrected chi connectivity index (χ2v) is 5.46. The minimum Gasteiger partial charge on any atom is -0.311 e. The van der Waals surface area contributed by atoms with Gasteiger partial charge >= 0.3 is 0 Å². The number of nitrogens with zero attached hydrogens (tertiary/aromatic N) is 3. The molecule has 18 heavy (non-hydrogen) atoms. The van der Waals surface area contributed by atoms with Crippen LogP contribution >= 0.6 is 0 Å². The van der Waals surface area contributed by atoms with Gasteiger partial charge in [-0.25, -0.2) is 0 Å². The zero-order chi connectivity index (χ0) is 12.6. The Morgan fingerprint density at radius 3 is 2.89 bits per heavy atom. The zero-order valence-corrected chi connectivity index (χ0v) is 11.6. The molecule has 4 heteroatoms. The first-order valence-corrected chi connectivity index (χ1v) is 7.48. The number of hydrogen-bond acceptors (Lipinski definition) is 3. The molecule has 1 aromatic rings. The normalized spacial score (nSPS) is 15.2. The first-order valence-electron chi connectivity index (χ1n) is 7.48. The van der Waals surface area contributed by atoms with Gasteiger partial charge in [0.05, 0.1) is 5.69 Å². The van der Waals surface area contributed by atoms with Gasteiger partial charge in [-0.3, -0.25) is 4.68 Å². The van der Waals surface area contributed by atoms with E-state index in [1.54, 1.807) is 0 Å². The lowest BCUT2D eigenvalue weighted by Gasteiger charge is -2.00. The molecule has 0 bridgehead atoms. The maximum absolute atomic E-state index is 4.20. The third-order valence-corrected chi connectivity index (χ3v) is 3.51. The molecule has 0 atom stereocenters. The summed E-state index contributed by atoms with van der Waals surface area (Å²) in [5.74, 6) is 0.929. The predicted molar refractivity (Wildman–Crippen MR) is 73.2 cm³/mol. The third kappa shape index (κ3) is 5.17. The van der Waals surface area contributed by atoms with E-state index in [0.29, 0.717) is 0 Å². The molecular weight excluding hydrogens is 224 g/mol. The topological polar surface area (TPSA) is 42.7 Å². The fraction of sp³-hybridized carbons (Fsp3) is 0.857. The van der Waals surface area contributed by atoms with Gasteiger partial charge in [-0.05, 0) is 31.7 Å². The molecule has 2 rings (SSSR count). The number of unbranched alkanes of at least 4 members (excludes halogenated alkanes) is 4. The van der Waals surface area contributed by atoms with Crippen molar-refractivity contribution in [2.45, 2.75) is 65.0 Å². The molecule has 1 fully saturated rings. The highest BCUT2D eigenvalue weighted by molar-refractivity contribution is 4.92. The maximum Gasteiger partial charge on any atom is 0.0964 e. The Morgan fingerprint density at radius 2 is 2.11 bits per heavy atom. The largest absolute Gasteiger partial charge is 0.311 e. The molecule has 1 heterocycles. The minimum absolute atomic E-state index is 0.867. The smallest absolute Gasteiger partial charge is 0.0964 e. The molecule has 0 spiro atoms. The van der Waals surface area contributed by atoms with Crippen molar-refractivity contribution < 1.29 is 0 Å².